The van der Waals surface area contributed by atoms with Crippen molar-refractivity contribution in [1.29, 1.82) is 0 Å². The fourth-order valence-corrected chi connectivity index (χ4v) is 2.29. The first-order valence-electron chi connectivity index (χ1n) is 7.93. The molecule has 2 aromatic carbocycles. The van der Waals surface area contributed by atoms with E-state index in [1.807, 2.05) is 56.4 Å². The second-order valence-corrected chi connectivity index (χ2v) is 5.36. The van der Waals surface area contributed by atoms with Gasteiger partial charge in [0.25, 0.3) is 0 Å². The van der Waals surface area contributed by atoms with E-state index in [1.165, 1.54) is 0 Å². The minimum atomic E-state index is 0.0376. The summed E-state index contributed by atoms with van der Waals surface area (Å²) in [5.41, 5.74) is 2.13. The number of hydrogen-bond donors (Lipinski definition) is 1. The number of amides is 1. The van der Waals surface area contributed by atoms with Crippen LogP contribution < -0.4 is 15.0 Å². The molecular weight excluding hydrogens is 288 g/mol. The molecule has 0 bridgehead atoms. The smallest absolute Gasteiger partial charge is 0.224 e. The van der Waals surface area contributed by atoms with Crippen LogP contribution in [0, 0.1) is 0 Å². The zero-order valence-electron chi connectivity index (χ0n) is 13.8. The zero-order chi connectivity index (χ0) is 16.5. The van der Waals surface area contributed by atoms with Crippen molar-refractivity contribution in [3.8, 4) is 5.75 Å². The Bertz CT molecular complexity index is 597. The van der Waals surface area contributed by atoms with E-state index in [9.17, 15) is 4.79 Å². The molecule has 0 heterocycles. The van der Waals surface area contributed by atoms with Crippen LogP contribution in [0.5, 0.6) is 5.75 Å². The highest BCUT2D eigenvalue weighted by atomic mass is 16.5. The van der Waals surface area contributed by atoms with Crippen LogP contribution in [0.1, 0.15) is 12.5 Å². The number of likely N-dealkylation sites (N-methyl/N-ethyl adjacent to an activating group) is 1. The Kier molecular flexibility index (Phi) is 6.48. The highest BCUT2D eigenvalue weighted by Gasteiger charge is 2.05. The molecule has 0 spiro atoms. The summed E-state index contributed by atoms with van der Waals surface area (Å²) < 4.78 is 5.39. The number of carbonyl (C=O) groups is 1. The Morgan fingerprint density at radius 2 is 1.78 bits per heavy atom. The second kappa shape index (κ2) is 8.83. The number of benzene rings is 2. The molecule has 2 rings (SSSR count). The maximum Gasteiger partial charge on any atom is 0.224 e. The van der Waals surface area contributed by atoms with Crippen LogP contribution in [-0.2, 0) is 11.2 Å². The molecule has 4 heteroatoms. The number of para-hydroxylation sites is 1. The summed E-state index contributed by atoms with van der Waals surface area (Å²) in [5, 5.41) is 2.96. The Labute approximate surface area is 138 Å². The molecule has 0 radical (unpaired) electrons. The summed E-state index contributed by atoms with van der Waals surface area (Å²) in [7, 11) is 2.02. The lowest BCUT2D eigenvalue weighted by Gasteiger charge is -2.19. The average Bonchev–Trinajstić information content (AvgIpc) is 2.57. The number of anilines is 1. The van der Waals surface area contributed by atoms with E-state index >= 15 is 0 Å². The van der Waals surface area contributed by atoms with Crippen molar-refractivity contribution in [1.82, 2.24) is 5.32 Å². The zero-order valence-corrected chi connectivity index (χ0v) is 13.8. The number of nitrogens with zero attached hydrogens (tertiary/aromatic N) is 1. The minimum absolute atomic E-state index is 0.0376. The van der Waals surface area contributed by atoms with Gasteiger partial charge in [-0.2, -0.15) is 0 Å². The molecule has 0 aliphatic carbocycles. The lowest BCUT2D eigenvalue weighted by molar-refractivity contribution is -0.120. The number of ether oxygens (including phenoxy) is 1. The van der Waals surface area contributed by atoms with Crippen LogP contribution in [0.25, 0.3) is 0 Å². The van der Waals surface area contributed by atoms with Gasteiger partial charge >= 0.3 is 0 Å². The molecule has 0 aromatic heterocycles. The standard InChI is InChI=1S/C19H24N2O2/c1-3-23-18-11-9-16(10-12-18)15-19(22)20-13-14-21(2)17-7-5-4-6-8-17/h4-12H,3,13-15H2,1-2H3,(H,20,22). The third kappa shape index (κ3) is 5.66. The quantitative estimate of drug-likeness (QED) is 0.815. The van der Waals surface area contributed by atoms with E-state index < -0.39 is 0 Å². The largest absolute Gasteiger partial charge is 0.494 e. The average molecular weight is 312 g/mol. The molecule has 0 aliphatic heterocycles. The summed E-state index contributed by atoms with van der Waals surface area (Å²) in [4.78, 5) is 14.1. The number of hydrogen-bond acceptors (Lipinski definition) is 3. The van der Waals surface area contributed by atoms with Crippen molar-refractivity contribution in [3.63, 3.8) is 0 Å². The van der Waals surface area contributed by atoms with Gasteiger partial charge in [0.15, 0.2) is 0 Å². The Morgan fingerprint density at radius 3 is 2.43 bits per heavy atom. The van der Waals surface area contributed by atoms with Crippen molar-refractivity contribution in [2.75, 3.05) is 31.6 Å². The molecular formula is C19H24N2O2. The van der Waals surface area contributed by atoms with Gasteiger partial charge in [0.2, 0.25) is 5.91 Å². The molecule has 2 aromatic rings. The van der Waals surface area contributed by atoms with Crippen LogP contribution in [0.2, 0.25) is 0 Å². The monoisotopic (exact) mass is 312 g/mol. The van der Waals surface area contributed by atoms with E-state index in [-0.39, 0.29) is 5.91 Å². The summed E-state index contributed by atoms with van der Waals surface area (Å²) in [6.45, 7) is 4.00. The van der Waals surface area contributed by atoms with Gasteiger partial charge in [-0.1, -0.05) is 30.3 Å². The first kappa shape index (κ1) is 16.9. The topological polar surface area (TPSA) is 41.6 Å². The summed E-state index contributed by atoms with van der Waals surface area (Å²) >= 11 is 0. The fraction of sp³-hybridized carbons (Fsp3) is 0.316. The maximum absolute atomic E-state index is 12.0. The molecule has 0 unspecified atom stereocenters. The van der Waals surface area contributed by atoms with Crippen molar-refractivity contribution in [2.24, 2.45) is 0 Å². The molecule has 1 amide bonds. The predicted molar refractivity (Wildman–Crippen MR) is 94.0 cm³/mol. The van der Waals surface area contributed by atoms with Crippen LogP contribution in [0.15, 0.2) is 54.6 Å². The van der Waals surface area contributed by atoms with Gasteiger partial charge in [-0.05, 0) is 36.8 Å². The van der Waals surface area contributed by atoms with Crippen LogP contribution in [-0.4, -0.2) is 32.7 Å². The Balaban J connectivity index is 1.72. The van der Waals surface area contributed by atoms with Crippen molar-refractivity contribution < 1.29 is 9.53 Å². The van der Waals surface area contributed by atoms with Crippen LogP contribution >= 0.6 is 0 Å². The van der Waals surface area contributed by atoms with E-state index in [2.05, 4.69) is 22.3 Å². The lowest BCUT2D eigenvalue weighted by atomic mass is 10.1. The molecule has 122 valence electrons. The molecule has 4 nitrogen and oxygen atoms in total. The van der Waals surface area contributed by atoms with Gasteiger partial charge in [-0.3, -0.25) is 4.79 Å². The Hall–Kier alpha value is -2.49. The molecule has 23 heavy (non-hydrogen) atoms. The van der Waals surface area contributed by atoms with Crippen LogP contribution in [0.4, 0.5) is 5.69 Å². The molecule has 0 fully saturated rings. The third-order valence-corrected chi connectivity index (χ3v) is 3.57. The number of nitrogens with one attached hydrogen (secondary N) is 1. The minimum Gasteiger partial charge on any atom is -0.494 e. The second-order valence-electron chi connectivity index (χ2n) is 5.36. The molecule has 0 saturated heterocycles. The van der Waals surface area contributed by atoms with Crippen molar-refractivity contribution in [3.05, 3.63) is 60.2 Å². The van der Waals surface area contributed by atoms with Crippen LogP contribution in [0.3, 0.4) is 0 Å². The molecule has 1 N–H and O–H groups in total. The van der Waals surface area contributed by atoms with Crippen molar-refractivity contribution in [2.45, 2.75) is 13.3 Å². The summed E-state index contributed by atoms with van der Waals surface area (Å²) in [5.74, 6) is 0.872. The van der Waals surface area contributed by atoms with Gasteiger partial charge in [-0.25, -0.2) is 0 Å². The van der Waals surface area contributed by atoms with E-state index in [1.54, 1.807) is 0 Å². The first-order chi connectivity index (χ1) is 11.2. The summed E-state index contributed by atoms with van der Waals surface area (Å²) in [6, 6.07) is 17.8. The molecule has 0 aliphatic rings. The van der Waals surface area contributed by atoms with Gasteiger partial charge in [0.1, 0.15) is 5.75 Å². The first-order valence-corrected chi connectivity index (χ1v) is 7.93. The Morgan fingerprint density at radius 1 is 1.09 bits per heavy atom. The number of rotatable bonds is 8. The molecule has 0 saturated carbocycles. The SMILES string of the molecule is CCOc1ccc(CC(=O)NCCN(C)c2ccccc2)cc1. The van der Waals surface area contributed by atoms with Gasteiger partial charge in [0.05, 0.1) is 13.0 Å². The van der Waals surface area contributed by atoms with Crippen molar-refractivity contribution >= 4 is 11.6 Å². The number of carbonyl (C=O) groups excluding carboxylic acids is 1. The van der Waals surface area contributed by atoms with E-state index in [0.717, 1.165) is 23.5 Å². The highest BCUT2D eigenvalue weighted by Crippen LogP contribution is 2.12. The normalized spacial score (nSPS) is 10.2. The maximum atomic E-state index is 12.0. The highest BCUT2D eigenvalue weighted by molar-refractivity contribution is 5.78. The van der Waals surface area contributed by atoms with Gasteiger partial charge in [-0.15, -0.1) is 0 Å². The molecule has 0 atom stereocenters. The van der Waals surface area contributed by atoms with Gasteiger partial charge < -0.3 is 15.0 Å². The van der Waals surface area contributed by atoms with Gasteiger partial charge in [0, 0.05) is 25.8 Å². The lowest BCUT2D eigenvalue weighted by Crippen LogP contribution is -2.33. The third-order valence-electron chi connectivity index (χ3n) is 3.57. The predicted octanol–water partition coefficient (Wildman–Crippen LogP) is 2.88. The van der Waals surface area contributed by atoms with E-state index in [0.29, 0.717) is 19.6 Å². The fourth-order valence-electron chi connectivity index (χ4n) is 2.29. The summed E-state index contributed by atoms with van der Waals surface area (Å²) in [6.07, 6.45) is 0.390. The van der Waals surface area contributed by atoms with E-state index in [4.69, 9.17) is 4.74 Å².